The molecule has 2 N–H and O–H groups in total. The molecule has 0 radical (unpaired) electrons. The summed E-state index contributed by atoms with van der Waals surface area (Å²) in [6.45, 7) is 10.7. The van der Waals surface area contributed by atoms with Gasteiger partial charge in [-0.3, -0.25) is 4.79 Å². The second kappa shape index (κ2) is 8.02. The van der Waals surface area contributed by atoms with Crippen molar-refractivity contribution in [2.24, 2.45) is 0 Å². The van der Waals surface area contributed by atoms with E-state index in [1.165, 1.54) is 17.4 Å². The minimum absolute atomic E-state index is 0.0476. The molecule has 0 heterocycles. The zero-order valence-electron chi connectivity index (χ0n) is 11.8. The van der Waals surface area contributed by atoms with Crippen LogP contribution in [0.3, 0.4) is 0 Å². The van der Waals surface area contributed by atoms with Gasteiger partial charge >= 0.3 is 0 Å². The van der Waals surface area contributed by atoms with Gasteiger partial charge in [-0.25, -0.2) is 0 Å². The van der Waals surface area contributed by atoms with E-state index >= 15 is 0 Å². The second-order valence-corrected chi connectivity index (χ2v) is 5.83. The van der Waals surface area contributed by atoms with E-state index in [0.717, 1.165) is 18.0 Å². The predicted octanol–water partition coefficient (Wildman–Crippen LogP) is 3.29. The number of carbonyl (C=O) groups excluding carboxylic acids is 1. The number of amides is 1. The Morgan fingerprint density at radius 2 is 1.95 bits per heavy atom. The quantitative estimate of drug-likeness (QED) is 0.594. The molecule has 1 aromatic carbocycles. The zero-order chi connectivity index (χ0) is 14.3. The van der Waals surface area contributed by atoms with Crippen LogP contribution in [0.15, 0.2) is 41.3 Å². The predicted molar refractivity (Wildman–Crippen MR) is 83.7 cm³/mol. The lowest BCUT2D eigenvalue weighted by molar-refractivity contribution is -0.114. The minimum Gasteiger partial charge on any atom is -0.326 e. The zero-order valence-corrected chi connectivity index (χ0v) is 12.6. The van der Waals surface area contributed by atoms with E-state index in [0.29, 0.717) is 6.04 Å². The number of benzene rings is 1. The third-order valence-corrected chi connectivity index (χ3v) is 3.54. The lowest BCUT2D eigenvalue weighted by Gasteiger charge is -2.10. The van der Waals surface area contributed by atoms with Crippen LogP contribution in [0.5, 0.6) is 0 Å². The van der Waals surface area contributed by atoms with Crippen molar-refractivity contribution in [2.45, 2.75) is 31.7 Å². The monoisotopic (exact) mass is 278 g/mol. The number of rotatable bonds is 7. The maximum atomic E-state index is 10.9. The van der Waals surface area contributed by atoms with Gasteiger partial charge in [0.25, 0.3) is 0 Å². The van der Waals surface area contributed by atoms with Gasteiger partial charge in [0, 0.05) is 35.8 Å². The van der Waals surface area contributed by atoms with Crippen molar-refractivity contribution in [2.75, 3.05) is 17.6 Å². The first-order valence-electron chi connectivity index (χ1n) is 6.38. The summed E-state index contributed by atoms with van der Waals surface area (Å²) < 4.78 is 0. The van der Waals surface area contributed by atoms with Crippen LogP contribution in [0, 0.1) is 0 Å². The van der Waals surface area contributed by atoms with E-state index in [1.807, 2.05) is 24.3 Å². The maximum absolute atomic E-state index is 10.9. The van der Waals surface area contributed by atoms with E-state index in [1.54, 1.807) is 11.8 Å². The van der Waals surface area contributed by atoms with Crippen molar-refractivity contribution in [1.29, 1.82) is 0 Å². The Balaban J connectivity index is 2.37. The van der Waals surface area contributed by atoms with E-state index in [4.69, 9.17) is 0 Å². The fourth-order valence-corrected chi connectivity index (χ4v) is 2.22. The second-order valence-electron chi connectivity index (χ2n) is 4.78. The summed E-state index contributed by atoms with van der Waals surface area (Å²) in [7, 11) is 0. The van der Waals surface area contributed by atoms with Gasteiger partial charge in [0.05, 0.1) is 0 Å². The molecule has 0 aliphatic heterocycles. The van der Waals surface area contributed by atoms with E-state index in [9.17, 15) is 4.79 Å². The van der Waals surface area contributed by atoms with Gasteiger partial charge in [-0.15, -0.1) is 11.8 Å². The van der Waals surface area contributed by atoms with Crippen LogP contribution in [0.4, 0.5) is 5.69 Å². The summed E-state index contributed by atoms with van der Waals surface area (Å²) in [5.74, 6) is 0.854. The largest absolute Gasteiger partial charge is 0.326 e. The van der Waals surface area contributed by atoms with Crippen LogP contribution in [0.2, 0.25) is 0 Å². The topological polar surface area (TPSA) is 41.1 Å². The van der Waals surface area contributed by atoms with Gasteiger partial charge in [-0.2, -0.15) is 0 Å². The Morgan fingerprint density at radius 3 is 2.47 bits per heavy atom. The molecule has 104 valence electrons. The number of thioether (sulfide) groups is 1. The number of nitrogens with one attached hydrogen (secondary N) is 2. The first-order valence-corrected chi connectivity index (χ1v) is 7.36. The smallest absolute Gasteiger partial charge is 0.221 e. The lowest BCUT2D eigenvalue weighted by Crippen LogP contribution is -2.25. The van der Waals surface area contributed by atoms with Crippen molar-refractivity contribution in [3.05, 3.63) is 36.4 Å². The van der Waals surface area contributed by atoms with Gasteiger partial charge in [-0.05, 0) is 24.3 Å². The molecular formula is C15H22N2OS. The van der Waals surface area contributed by atoms with Gasteiger partial charge in [0.2, 0.25) is 5.91 Å². The molecule has 1 amide bonds. The molecule has 3 nitrogen and oxygen atoms in total. The highest BCUT2D eigenvalue weighted by molar-refractivity contribution is 7.99. The number of hydrogen-bond donors (Lipinski definition) is 2. The molecule has 0 aliphatic carbocycles. The summed E-state index contributed by atoms with van der Waals surface area (Å²) in [6.07, 6.45) is 0. The minimum atomic E-state index is -0.0476. The normalized spacial score (nSPS) is 10.5. The average Bonchev–Trinajstić information content (AvgIpc) is 2.35. The van der Waals surface area contributed by atoms with Gasteiger partial charge in [0.15, 0.2) is 0 Å². The molecule has 0 aliphatic rings. The molecule has 0 unspecified atom stereocenters. The van der Waals surface area contributed by atoms with E-state index in [-0.39, 0.29) is 5.91 Å². The average molecular weight is 278 g/mol. The Kier molecular flexibility index (Phi) is 6.67. The highest BCUT2D eigenvalue weighted by Gasteiger charge is 2.00. The summed E-state index contributed by atoms with van der Waals surface area (Å²) in [5.41, 5.74) is 2.02. The standard InChI is InChI=1S/C15H22N2OS/c1-11(2)16-9-12(3)10-19-15-7-5-14(6-8-15)17-13(4)18/h5-8,11,16H,3,9-10H2,1-2,4H3,(H,17,18). The molecule has 0 saturated heterocycles. The fraction of sp³-hybridized carbons (Fsp3) is 0.400. The van der Waals surface area contributed by atoms with Crippen LogP contribution >= 0.6 is 11.8 Å². The molecule has 1 aromatic rings. The molecule has 0 spiro atoms. The summed E-state index contributed by atoms with van der Waals surface area (Å²) >= 11 is 1.76. The SMILES string of the molecule is C=C(CNC(C)C)CSc1ccc(NC(C)=O)cc1. The third-order valence-electron chi connectivity index (χ3n) is 2.38. The molecule has 0 fully saturated rings. The van der Waals surface area contributed by atoms with Gasteiger partial charge in [0.1, 0.15) is 0 Å². The first kappa shape index (κ1) is 15.8. The number of carbonyl (C=O) groups is 1. The first-order chi connectivity index (χ1) is 8.97. The number of hydrogen-bond acceptors (Lipinski definition) is 3. The van der Waals surface area contributed by atoms with Crippen LogP contribution in [-0.4, -0.2) is 24.2 Å². The van der Waals surface area contributed by atoms with Crippen molar-refractivity contribution in [3.63, 3.8) is 0 Å². The molecule has 0 aromatic heterocycles. The van der Waals surface area contributed by atoms with Crippen LogP contribution in [-0.2, 0) is 4.79 Å². The summed E-state index contributed by atoms with van der Waals surface area (Å²) in [6, 6.07) is 8.34. The van der Waals surface area contributed by atoms with Crippen molar-refractivity contribution >= 4 is 23.4 Å². The van der Waals surface area contributed by atoms with Crippen LogP contribution in [0.25, 0.3) is 0 Å². The van der Waals surface area contributed by atoms with E-state index in [2.05, 4.69) is 31.1 Å². The number of anilines is 1. The Bertz CT molecular complexity index is 426. The molecule has 4 heteroatoms. The Morgan fingerprint density at radius 1 is 1.32 bits per heavy atom. The van der Waals surface area contributed by atoms with Crippen molar-refractivity contribution in [3.8, 4) is 0 Å². The van der Waals surface area contributed by atoms with Crippen molar-refractivity contribution in [1.82, 2.24) is 5.32 Å². The highest BCUT2D eigenvalue weighted by atomic mass is 32.2. The third kappa shape index (κ3) is 7.03. The van der Waals surface area contributed by atoms with Gasteiger partial charge < -0.3 is 10.6 Å². The highest BCUT2D eigenvalue weighted by Crippen LogP contribution is 2.21. The van der Waals surface area contributed by atoms with E-state index < -0.39 is 0 Å². The Hall–Kier alpha value is -1.26. The van der Waals surface area contributed by atoms with Crippen molar-refractivity contribution < 1.29 is 4.79 Å². The Labute approximate surface area is 119 Å². The van der Waals surface area contributed by atoms with Crippen LogP contribution in [0.1, 0.15) is 20.8 Å². The maximum Gasteiger partial charge on any atom is 0.221 e. The van der Waals surface area contributed by atoms with Gasteiger partial charge in [-0.1, -0.05) is 26.0 Å². The summed E-state index contributed by atoms with van der Waals surface area (Å²) in [4.78, 5) is 12.1. The lowest BCUT2D eigenvalue weighted by atomic mass is 10.3. The molecule has 0 saturated carbocycles. The fourth-order valence-electron chi connectivity index (χ4n) is 1.42. The molecule has 0 bridgehead atoms. The molecule has 1 rings (SSSR count). The van der Waals surface area contributed by atoms with Crippen LogP contribution < -0.4 is 10.6 Å². The summed E-state index contributed by atoms with van der Waals surface area (Å²) in [5, 5.41) is 6.11. The molecular weight excluding hydrogens is 256 g/mol. The molecule has 19 heavy (non-hydrogen) atoms. The molecule has 0 atom stereocenters.